The fourth-order valence-corrected chi connectivity index (χ4v) is 10.3. The smallest absolute Gasteiger partial charge is 0.305 e. The summed E-state index contributed by atoms with van der Waals surface area (Å²) in [6.45, 7) is 4.95. The molecule has 0 rings (SSSR count). The molecular formula is C65H127NO5. The first-order chi connectivity index (χ1) is 35.0. The number of hydrogen-bond donors (Lipinski definition) is 3. The summed E-state index contributed by atoms with van der Waals surface area (Å²) in [6.07, 6.45) is 73.7. The van der Waals surface area contributed by atoms with Crippen molar-refractivity contribution in [2.75, 3.05) is 13.2 Å². The highest BCUT2D eigenvalue weighted by molar-refractivity contribution is 5.76. The van der Waals surface area contributed by atoms with E-state index in [0.29, 0.717) is 25.9 Å². The number of ether oxygens (including phenoxy) is 1. The van der Waals surface area contributed by atoms with Crippen LogP contribution in [0.15, 0.2) is 12.2 Å². The van der Waals surface area contributed by atoms with Gasteiger partial charge in [0.1, 0.15) is 0 Å². The van der Waals surface area contributed by atoms with E-state index in [1.807, 2.05) is 0 Å². The zero-order valence-corrected chi connectivity index (χ0v) is 48.2. The summed E-state index contributed by atoms with van der Waals surface area (Å²) in [5.41, 5.74) is 0. The van der Waals surface area contributed by atoms with E-state index in [2.05, 4.69) is 31.3 Å². The second kappa shape index (κ2) is 61.1. The van der Waals surface area contributed by atoms with Gasteiger partial charge in [-0.25, -0.2) is 0 Å². The number of unbranched alkanes of at least 4 members (excludes halogenated alkanes) is 48. The number of allylic oxidation sites excluding steroid dienone is 2. The van der Waals surface area contributed by atoms with Crippen molar-refractivity contribution in [2.45, 2.75) is 379 Å². The molecule has 0 heterocycles. The van der Waals surface area contributed by atoms with Crippen molar-refractivity contribution >= 4 is 11.9 Å². The molecule has 2 atom stereocenters. The summed E-state index contributed by atoms with van der Waals surface area (Å²) in [4.78, 5) is 24.6. The highest BCUT2D eigenvalue weighted by atomic mass is 16.5. The number of carbonyl (C=O) groups excluding carboxylic acids is 2. The Labute approximate surface area is 444 Å². The fourth-order valence-electron chi connectivity index (χ4n) is 10.3. The molecule has 422 valence electrons. The number of esters is 1. The molecule has 0 aromatic rings. The molecule has 0 aliphatic heterocycles. The summed E-state index contributed by atoms with van der Waals surface area (Å²) in [5.74, 6) is -0.0568. The van der Waals surface area contributed by atoms with Crippen LogP contribution < -0.4 is 5.32 Å². The van der Waals surface area contributed by atoms with Gasteiger partial charge in [0.25, 0.3) is 0 Å². The number of hydrogen-bond acceptors (Lipinski definition) is 5. The summed E-state index contributed by atoms with van der Waals surface area (Å²) < 4.78 is 5.48. The van der Waals surface area contributed by atoms with Crippen molar-refractivity contribution in [3.05, 3.63) is 12.2 Å². The molecule has 1 amide bonds. The molecule has 6 heteroatoms. The van der Waals surface area contributed by atoms with Crippen LogP contribution in [0.4, 0.5) is 0 Å². The van der Waals surface area contributed by atoms with Gasteiger partial charge < -0.3 is 20.3 Å². The molecule has 0 aromatic heterocycles. The first-order valence-electron chi connectivity index (χ1n) is 32.4. The zero-order chi connectivity index (χ0) is 51.4. The van der Waals surface area contributed by atoms with Gasteiger partial charge in [-0.2, -0.15) is 0 Å². The lowest BCUT2D eigenvalue weighted by molar-refractivity contribution is -0.143. The predicted octanol–water partition coefficient (Wildman–Crippen LogP) is 20.4. The Balaban J connectivity index is 3.43. The van der Waals surface area contributed by atoms with Crippen molar-refractivity contribution in [2.24, 2.45) is 0 Å². The number of aliphatic hydroxyl groups excluding tert-OH is 2. The number of rotatable bonds is 61. The monoisotopic (exact) mass is 1000 g/mol. The standard InChI is InChI=1S/C65H127NO5/c1-3-5-7-9-11-13-15-17-19-21-22-23-24-25-26-27-28-30-31-33-37-41-45-49-53-57-63(68)62(61-67)66-64(69)58-54-50-46-42-38-35-36-40-44-48-52-56-60-71-65(70)59-55-51-47-43-39-34-32-29-20-18-16-14-12-10-8-6-4-2/h18,20,62-63,67-68H,3-17,19,21-61H2,1-2H3,(H,66,69)/b20-18-. The normalized spacial score (nSPS) is 12.6. The van der Waals surface area contributed by atoms with Crippen LogP contribution in [-0.4, -0.2) is 47.4 Å². The SMILES string of the molecule is CCCCCCCC/C=C\CCCCCCCCCC(=O)OCCCCCCCCCCCCCCC(=O)NC(CO)C(O)CCCCCCCCCCCCCCCCCCCCCCCCCCC. The molecule has 0 aliphatic carbocycles. The predicted molar refractivity (Wildman–Crippen MR) is 310 cm³/mol. The fraction of sp³-hybridized carbons (Fsp3) is 0.938. The summed E-state index contributed by atoms with van der Waals surface area (Å²) in [6, 6.07) is -0.554. The molecule has 71 heavy (non-hydrogen) atoms. The Hall–Kier alpha value is -1.40. The van der Waals surface area contributed by atoms with Gasteiger partial charge in [0.05, 0.1) is 25.4 Å². The van der Waals surface area contributed by atoms with Gasteiger partial charge in [-0.3, -0.25) is 9.59 Å². The Morgan fingerprint density at radius 1 is 0.380 bits per heavy atom. The molecule has 3 N–H and O–H groups in total. The molecule has 0 aromatic carbocycles. The van der Waals surface area contributed by atoms with Crippen LogP contribution in [0.5, 0.6) is 0 Å². The minimum absolute atomic E-state index is 0.0109. The van der Waals surface area contributed by atoms with E-state index in [4.69, 9.17) is 4.74 Å². The van der Waals surface area contributed by atoms with Crippen LogP contribution in [-0.2, 0) is 14.3 Å². The van der Waals surface area contributed by atoms with Gasteiger partial charge in [-0.05, 0) is 51.4 Å². The van der Waals surface area contributed by atoms with Gasteiger partial charge in [0.15, 0.2) is 0 Å². The maximum absolute atomic E-state index is 12.5. The van der Waals surface area contributed by atoms with E-state index in [9.17, 15) is 19.8 Å². The molecule has 6 nitrogen and oxygen atoms in total. The van der Waals surface area contributed by atoms with Gasteiger partial charge in [0.2, 0.25) is 5.91 Å². The molecule has 0 saturated carbocycles. The van der Waals surface area contributed by atoms with Crippen LogP contribution in [0.2, 0.25) is 0 Å². The second-order valence-corrected chi connectivity index (χ2v) is 22.5. The summed E-state index contributed by atoms with van der Waals surface area (Å²) >= 11 is 0. The molecular weight excluding hydrogens is 875 g/mol. The number of amides is 1. The second-order valence-electron chi connectivity index (χ2n) is 22.5. The largest absolute Gasteiger partial charge is 0.466 e. The quantitative estimate of drug-likeness (QED) is 0.0320. The Morgan fingerprint density at radius 3 is 1.00 bits per heavy atom. The van der Waals surface area contributed by atoms with E-state index in [1.54, 1.807) is 0 Å². The van der Waals surface area contributed by atoms with Crippen molar-refractivity contribution in [1.82, 2.24) is 5.32 Å². The van der Waals surface area contributed by atoms with Crippen molar-refractivity contribution in [3.63, 3.8) is 0 Å². The first kappa shape index (κ1) is 69.6. The first-order valence-corrected chi connectivity index (χ1v) is 32.4. The minimum atomic E-state index is -0.676. The average molecular weight is 1000 g/mol. The third kappa shape index (κ3) is 57.7. The van der Waals surface area contributed by atoms with Gasteiger partial charge in [0, 0.05) is 12.8 Å². The summed E-state index contributed by atoms with van der Waals surface area (Å²) in [5, 5.41) is 23.4. The van der Waals surface area contributed by atoms with Crippen molar-refractivity contribution in [3.8, 4) is 0 Å². The Bertz CT molecular complexity index is 1060. The van der Waals surface area contributed by atoms with Crippen molar-refractivity contribution in [1.29, 1.82) is 0 Å². The maximum Gasteiger partial charge on any atom is 0.305 e. The molecule has 0 radical (unpaired) electrons. The highest BCUT2D eigenvalue weighted by Gasteiger charge is 2.20. The van der Waals surface area contributed by atoms with Crippen LogP contribution in [0.25, 0.3) is 0 Å². The van der Waals surface area contributed by atoms with Gasteiger partial charge >= 0.3 is 5.97 Å². The topological polar surface area (TPSA) is 95.9 Å². The van der Waals surface area contributed by atoms with Crippen molar-refractivity contribution < 1.29 is 24.5 Å². The number of nitrogens with one attached hydrogen (secondary N) is 1. The highest BCUT2D eigenvalue weighted by Crippen LogP contribution is 2.18. The third-order valence-corrected chi connectivity index (χ3v) is 15.3. The average Bonchev–Trinajstić information content (AvgIpc) is 3.37. The van der Waals surface area contributed by atoms with E-state index in [1.165, 1.54) is 276 Å². The van der Waals surface area contributed by atoms with Crippen LogP contribution in [0.3, 0.4) is 0 Å². The molecule has 0 aliphatic rings. The lowest BCUT2D eigenvalue weighted by atomic mass is 10.0. The van der Waals surface area contributed by atoms with Crippen LogP contribution >= 0.6 is 0 Å². The van der Waals surface area contributed by atoms with E-state index in [0.717, 1.165) is 57.8 Å². The number of carbonyl (C=O) groups is 2. The zero-order valence-electron chi connectivity index (χ0n) is 48.2. The molecule has 0 spiro atoms. The van der Waals surface area contributed by atoms with E-state index < -0.39 is 12.1 Å². The Morgan fingerprint density at radius 2 is 0.662 bits per heavy atom. The number of aliphatic hydroxyl groups is 2. The van der Waals surface area contributed by atoms with Crippen LogP contribution in [0, 0.1) is 0 Å². The minimum Gasteiger partial charge on any atom is -0.466 e. The molecule has 0 bridgehead atoms. The Kier molecular flexibility index (Phi) is 59.9. The third-order valence-electron chi connectivity index (χ3n) is 15.3. The van der Waals surface area contributed by atoms with Gasteiger partial charge in [-0.15, -0.1) is 0 Å². The molecule has 0 saturated heterocycles. The van der Waals surface area contributed by atoms with Gasteiger partial charge in [-0.1, -0.05) is 315 Å². The lowest BCUT2D eigenvalue weighted by Crippen LogP contribution is -2.45. The summed E-state index contributed by atoms with van der Waals surface area (Å²) in [7, 11) is 0. The van der Waals surface area contributed by atoms with E-state index >= 15 is 0 Å². The van der Waals surface area contributed by atoms with E-state index in [-0.39, 0.29) is 18.5 Å². The van der Waals surface area contributed by atoms with Crippen LogP contribution in [0.1, 0.15) is 367 Å². The molecule has 2 unspecified atom stereocenters. The lowest BCUT2D eigenvalue weighted by Gasteiger charge is -2.22. The maximum atomic E-state index is 12.5. The molecule has 0 fully saturated rings.